The third kappa shape index (κ3) is 2.48. The molecule has 1 heteroatoms. The van der Waals surface area contributed by atoms with Crippen LogP contribution in [0.4, 0.5) is 0 Å². The molecule has 0 aromatic heterocycles. The van der Waals surface area contributed by atoms with Crippen LogP contribution in [0.15, 0.2) is 0 Å². The lowest BCUT2D eigenvalue weighted by molar-refractivity contribution is 0.160. The van der Waals surface area contributed by atoms with Gasteiger partial charge in [-0.1, -0.05) is 26.2 Å². The van der Waals surface area contributed by atoms with Crippen molar-refractivity contribution in [3.63, 3.8) is 0 Å². The number of nitrogens with one attached hydrogen (secondary N) is 1. The minimum atomic E-state index is 1.01. The van der Waals surface area contributed by atoms with E-state index in [2.05, 4.69) is 19.3 Å². The fraction of sp³-hybridized carbons (Fsp3) is 1.00. The summed E-state index contributed by atoms with van der Waals surface area (Å²) in [6.07, 6.45) is 7.23. The SMILES string of the molecule is CCCCC1CCC1CNC. The molecular weight excluding hydrogens is 134 g/mol. The van der Waals surface area contributed by atoms with Gasteiger partial charge in [0, 0.05) is 0 Å². The maximum absolute atomic E-state index is 3.28. The first-order valence-electron chi connectivity index (χ1n) is 5.03. The lowest BCUT2D eigenvalue weighted by Crippen LogP contribution is -2.33. The summed E-state index contributed by atoms with van der Waals surface area (Å²) >= 11 is 0. The molecule has 0 heterocycles. The second-order valence-electron chi connectivity index (χ2n) is 3.80. The van der Waals surface area contributed by atoms with Crippen LogP contribution in [0.1, 0.15) is 39.0 Å². The Bertz CT molecular complexity index is 101. The summed E-state index contributed by atoms with van der Waals surface area (Å²) in [4.78, 5) is 0. The van der Waals surface area contributed by atoms with Gasteiger partial charge in [0.25, 0.3) is 0 Å². The van der Waals surface area contributed by atoms with Crippen molar-refractivity contribution in [3.8, 4) is 0 Å². The Morgan fingerprint density at radius 2 is 2.00 bits per heavy atom. The number of hydrogen-bond acceptors (Lipinski definition) is 1. The van der Waals surface area contributed by atoms with Crippen LogP contribution in [0.25, 0.3) is 0 Å². The fourth-order valence-corrected chi connectivity index (χ4v) is 2.02. The van der Waals surface area contributed by atoms with Crippen molar-refractivity contribution < 1.29 is 0 Å². The topological polar surface area (TPSA) is 12.0 Å². The van der Waals surface area contributed by atoms with Crippen molar-refractivity contribution in [2.24, 2.45) is 11.8 Å². The summed E-state index contributed by atoms with van der Waals surface area (Å²) in [6.45, 7) is 3.53. The fourth-order valence-electron chi connectivity index (χ4n) is 2.02. The summed E-state index contributed by atoms with van der Waals surface area (Å²) < 4.78 is 0. The minimum Gasteiger partial charge on any atom is -0.319 e. The van der Waals surface area contributed by atoms with E-state index in [1.165, 1.54) is 38.6 Å². The molecule has 0 aromatic carbocycles. The third-order valence-electron chi connectivity index (χ3n) is 2.97. The van der Waals surface area contributed by atoms with Gasteiger partial charge in [0.05, 0.1) is 0 Å². The predicted octanol–water partition coefficient (Wildman–Crippen LogP) is 2.42. The first-order valence-corrected chi connectivity index (χ1v) is 5.03. The first kappa shape index (κ1) is 9.05. The van der Waals surface area contributed by atoms with Crippen LogP contribution in [0.3, 0.4) is 0 Å². The summed E-state index contributed by atoms with van der Waals surface area (Å²) in [5.74, 6) is 2.06. The molecule has 0 aromatic rings. The van der Waals surface area contributed by atoms with Gasteiger partial charge in [0.1, 0.15) is 0 Å². The maximum Gasteiger partial charge on any atom is -0.00209 e. The standard InChI is InChI=1S/C10H21N/c1-3-4-5-9-6-7-10(9)8-11-2/h9-11H,3-8H2,1-2H3. The largest absolute Gasteiger partial charge is 0.319 e. The van der Waals surface area contributed by atoms with E-state index in [0.29, 0.717) is 0 Å². The lowest BCUT2D eigenvalue weighted by Gasteiger charge is -2.36. The van der Waals surface area contributed by atoms with Crippen LogP contribution in [0, 0.1) is 11.8 Å². The molecule has 66 valence electrons. The average molecular weight is 155 g/mol. The van der Waals surface area contributed by atoms with Gasteiger partial charge in [-0.15, -0.1) is 0 Å². The van der Waals surface area contributed by atoms with Crippen LogP contribution < -0.4 is 5.32 Å². The monoisotopic (exact) mass is 155 g/mol. The average Bonchev–Trinajstić information content (AvgIpc) is 1.99. The second-order valence-corrected chi connectivity index (χ2v) is 3.80. The van der Waals surface area contributed by atoms with E-state index >= 15 is 0 Å². The molecule has 11 heavy (non-hydrogen) atoms. The number of rotatable bonds is 5. The third-order valence-corrected chi connectivity index (χ3v) is 2.97. The van der Waals surface area contributed by atoms with Crippen LogP contribution in [-0.4, -0.2) is 13.6 Å². The Morgan fingerprint density at radius 3 is 2.45 bits per heavy atom. The van der Waals surface area contributed by atoms with Crippen LogP contribution >= 0.6 is 0 Å². The summed E-state index contributed by atoms with van der Waals surface area (Å²) in [7, 11) is 2.06. The van der Waals surface area contributed by atoms with E-state index < -0.39 is 0 Å². The highest BCUT2D eigenvalue weighted by atomic mass is 14.8. The van der Waals surface area contributed by atoms with Gasteiger partial charge in [0.2, 0.25) is 0 Å². The summed E-state index contributed by atoms with van der Waals surface area (Å²) in [6, 6.07) is 0. The van der Waals surface area contributed by atoms with Gasteiger partial charge in [0.15, 0.2) is 0 Å². The van der Waals surface area contributed by atoms with Gasteiger partial charge in [-0.25, -0.2) is 0 Å². The molecule has 1 aliphatic carbocycles. The van der Waals surface area contributed by atoms with E-state index in [1.807, 2.05) is 0 Å². The van der Waals surface area contributed by atoms with E-state index in [9.17, 15) is 0 Å². The minimum absolute atomic E-state index is 1.01. The molecular formula is C10H21N. The lowest BCUT2D eigenvalue weighted by atomic mass is 9.71. The quantitative estimate of drug-likeness (QED) is 0.643. The van der Waals surface area contributed by atoms with E-state index in [0.717, 1.165) is 11.8 Å². The molecule has 0 aliphatic heterocycles. The van der Waals surface area contributed by atoms with Gasteiger partial charge >= 0.3 is 0 Å². The molecule has 1 fully saturated rings. The summed E-state index contributed by atoms with van der Waals surface area (Å²) in [5.41, 5.74) is 0. The number of unbranched alkanes of at least 4 members (excludes halogenated alkanes) is 1. The van der Waals surface area contributed by atoms with Gasteiger partial charge in [-0.05, 0) is 38.3 Å². The molecule has 1 N–H and O–H groups in total. The number of hydrogen-bond donors (Lipinski definition) is 1. The van der Waals surface area contributed by atoms with E-state index in [-0.39, 0.29) is 0 Å². The zero-order valence-electron chi connectivity index (χ0n) is 7.90. The Kier molecular flexibility index (Phi) is 3.92. The van der Waals surface area contributed by atoms with Crippen molar-refractivity contribution in [1.29, 1.82) is 0 Å². The Balaban J connectivity index is 2.05. The molecule has 0 spiro atoms. The van der Waals surface area contributed by atoms with Gasteiger partial charge in [-0.2, -0.15) is 0 Å². The molecule has 1 saturated carbocycles. The highest BCUT2D eigenvalue weighted by Crippen LogP contribution is 2.37. The van der Waals surface area contributed by atoms with Crippen LogP contribution in [-0.2, 0) is 0 Å². The zero-order valence-corrected chi connectivity index (χ0v) is 7.90. The van der Waals surface area contributed by atoms with Crippen molar-refractivity contribution in [3.05, 3.63) is 0 Å². The molecule has 2 unspecified atom stereocenters. The smallest absolute Gasteiger partial charge is 0.00209 e. The highest BCUT2D eigenvalue weighted by Gasteiger charge is 2.28. The molecule has 0 bridgehead atoms. The molecule has 1 nitrogen and oxygen atoms in total. The Hall–Kier alpha value is -0.0400. The normalized spacial score (nSPS) is 30.0. The van der Waals surface area contributed by atoms with Gasteiger partial charge < -0.3 is 5.32 Å². The zero-order chi connectivity index (χ0) is 8.10. The molecule has 0 amide bonds. The van der Waals surface area contributed by atoms with Crippen molar-refractivity contribution >= 4 is 0 Å². The maximum atomic E-state index is 3.28. The van der Waals surface area contributed by atoms with Crippen molar-refractivity contribution in [1.82, 2.24) is 5.32 Å². The predicted molar refractivity (Wildman–Crippen MR) is 49.7 cm³/mol. The molecule has 2 atom stereocenters. The highest BCUT2D eigenvalue weighted by molar-refractivity contribution is 4.81. The second kappa shape index (κ2) is 4.76. The Labute approximate surface area is 70.6 Å². The molecule has 1 aliphatic rings. The van der Waals surface area contributed by atoms with Crippen molar-refractivity contribution in [2.45, 2.75) is 39.0 Å². The van der Waals surface area contributed by atoms with Crippen LogP contribution in [0.2, 0.25) is 0 Å². The van der Waals surface area contributed by atoms with Crippen molar-refractivity contribution in [2.75, 3.05) is 13.6 Å². The van der Waals surface area contributed by atoms with Gasteiger partial charge in [-0.3, -0.25) is 0 Å². The Morgan fingerprint density at radius 1 is 1.27 bits per heavy atom. The first-order chi connectivity index (χ1) is 5.38. The van der Waals surface area contributed by atoms with Crippen LogP contribution in [0.5, 0.6) is 0 Å². The van der Waals surface area contributed by atoms with E-state index in [1.54, 1.807) is 0 Å². The molecule has 1 rings (SSSR count). The van der Waals surface area contributed by atoms with E-state index in [4.69, 9.17) is 0 Å². The molecule has 0 radical (unpaired) electrons. The summed E-state index contributed by atoms with van der Waals surface area (Å²) in [5, 5.41) is 3.28. The molecule has 0 saturated heterocycles.